The minimum atomic E-state index is 0.794. The molecule has 0 spiro atoms. The summed E-state index contributed by atoms with van der Waals surface area (Å²) in [5, 5.41) is 3.30. The maximum Gasteiger partial charge on any atom is 0.161 e. The smallest absolute Gasteiger partial charge is 0.161 e. The lowest BCUT2D eigenvalue weighted by Crippen LogP contribution is -2.06. The molecular formula is C16H21N3. The number of anilines is 1. The van der Waals surface area contributed by atoms with Crippen molar-refractivity contribution in [3.8, 4) is 11.4 Å². The third-order valence-corrected chi connectivity index (χ3v) is 3.50. The van der Waals surface area contributed by atoms with E-state index < -0.39 is 0 Å². The third kappa shape index (κ3) is 2.75. The molecule has 2 aromatic rings. The number of rotatable bonds is 3. The van der Waals surface area contributed by atoms with Crippen LogP contribution in [-0.4, -0.2) is 16.5 Å². The van der Waals surface area contributed by atoms with E-state index in [4.69, 9.17) is 0 Å². The van der Waals surface area contributed by atoms with Crippen molar-refractivity contribution in [1.29, 1.82) is 0 Å². The first-order valence-corrected chi connectivity index (χ1v) is 6.69. The Bertz CT molecular complexity index is 603. The Kier molecular flexibility index (Phi) is 3.84. The highest BCUT2D eigenvalue weighted by atomic mass is 15.0. The molecule has 1 heterocycles. The average Bonchev–Trinajstić information content (AvgIpc) is 2.38. The van der Waals surface area contributed by atoms with E-state index in [9.17, 15) is 0 Å². The average molecular weight is 255 g/mol. The molecule has 0 radical (unpaired) electrons. The largest absolute Gasteiger partial charge is 0.370 e. The van der Waals surface area contributed by atoms with Gasteiger partial charge in [0.05, 0.1) is 0 Å². The number of hydrogen-bond acceptors (Lipinski definition) is 3. The Morgan fingerprint density at radius 1 is 1.00 bits per heavy atom. The van der Waals surface area contributed by atoms with Crippen molar-refractivity contribution >= 4 is 5.82 Å². The lowest BCUT2D eigenvalue weighted by molar-refractivity contribution is 1.05. The highest BCUT2D eigenvalue weighted by Crippen LogP contribution is 2.23. The molecule has 3 heteroatoms. The molecular weight excluding hydrogens is 234 g/mol. The van der Waals surface area contributed by atoms with Crippen molar-refractivity contribution in [3.63, 3.8) is 0 Å². The first-order chi connectivity index (χ1) is 9.02. The Morgan fingerprint density at radius 3 is 2.37 bits per heavy atom. The molecule has 0 aliphatic heterocycles. The lowest BCUT2D eigenvalue weighted by atomic mass is 10.1. The fourth-order valence-electron chi connectivity index (χ4n) is 1.98. The van der Waals surface area contributed by atoms with E-state index in [2.05, 4.69) is 61.2 Å². The highest BCUT2D eigenvalue weighted by molar-refractivity contribution is 5.61. The van der Waals surface area contributed by atoms with E-state index in [0.29, 0.717) is 0 Å². The van der Waals surface area contributed by atoms with Gasteiger partial charge in [0.2, 0.25) is 0 Å². The molecule has 100 valence electrons. The predicted octanol–water partition coefficient (Wildman–Crippen LogP) is 3.81. The van der Waals surface area contributed by atoms with Crippen molar-refractivity contribution in [2.45, 2.75) is 34.6 Å². The van der Waals surface area contributed by atoms with Crippen molar-refractivity contribution in [2.24, 2.45) is 0 Å². The molecule has 0 aliphatic rings. The molecule has 0 saturated heterocycles. The van der Waals surface area contributed by atoms with Crippen LogP contribution in [0.4, 0.5) is 5.82 Å². The molecule has 0 unspecified atom stereocenters. The minimum Gasteiger partial charge on any atom is -0.370 e. The van der Waals surface area contributed by atoms with Gasteiger partial charge < -0.3 is 5.32 Å². The summed E-state index contributed by atoms with van der Waals surface area (Å²) in [6.07, 6.45) is 0. The van der Waals surface area contributed by atoms with Crippen LogP contribution in [-0.2, 0) is 0 Å². The van der Waals surface area contributed by atoms with Gasteiger partial charge in [-0.05, 0) is 51.8 Å². The summed E-state index contributed by atoms with van der Waals surface area (Å²) in [6.45, 7) is 11.3. The Balaban J connectivity index is 2.52. The van der Waals surface area contributed by atoms with Crippen LogP contribution in [0.2, 0.25) is 0 Å². The molecule has 0 fully saturated rings. The zero-order chi connectivity index (χ0) is 14.0. The molecule has 0 saturated carbocycles. The van der Waals surface area contributed by atoms with Crippen molar-refractivity contribution in [3.05, 3.63) is 40.6 Å². The zero-order valence-corrected chi connectivity index (χ0v) is 12.3. The minimum absolute atomic E-state index is 0.794. The van der Waals surface area contributed by atoms with Gasteiger partial charge in [0.15, 0.2) is 5.82 Å². The van der Waals surface area contributed by atoms with Crippen LogP contribution in [0.3, 0.4) is 0 Å². The topological polar surface area (TPSA) is 37.8 Å². The lowest BCUT2D eigenvalue weighted by Gasteiger charge is -2.12. The van der Waals surface area contributed by atoms with Crippen LogP contribution >= 0.6 is 0 Å². The van der Waals surface area contributed by atoms with Crippen LogP contribution in [0.25, 0.3) is 11.4 Å². The number of aromatic nitrogens is 2. The number of hydrogen-bond donors (Lipinski definition) is 1. The molecule has 0 atom stereocenters. The van der Waals surface area contributed by atoms with Crippen LogP contribution in [0.1, 0.15) is 29.3 Å². The maximum atomic E-state index is 4.64. The van der Waals surface area contributed by atoms with E-state index in [0.717, 1.165) is 35.0 Å². The predicted molar refractivity (Wildman–Crippen MR) is 80.6 cm³/mol. The van der Waals surface area contributed by atoms with Gasteiger partial charge in [-0.2, -0.15) is 0 Å². The van der Waals surface area contributed by atoms with E-state index in [-0.39, 0.29) is 0 Å². The second kappa shape index (κ2) is 5.39. The summed E-state index contributed by atoms with van der Waals surface area (Å²) in [5.41, 5.74) is 5.78. The second-order valence-corrected chi connectivity index (χ2v) is 4.94. The van der Waals surface area contributed by atoms with Gasteiger partial charge in [-0.1, -0.05) is 12.1 Å². The monoisotopic (exact) mass is 255 g/mol. The van der Waals surface area contributed by atoms with E-state index in [1.165, 1.54) is 11.1 Å². The van der Waals surface area contributed by atoms with Crippen LogP contribution < -0.4 is 5.32 Å². The summed E-state index contributed by atoms with van der Waals surface area (Å²) in [5.74, 6) is 1.73. The molecule has 1 aromatic heterocycles. The molecule has 3 nitrogen and oxygen atoms in total. The van der Waals surface area contributed by atoms with Crippen LogP contribution in [0, 0.1) is 27.7 Å². The quantitative estimate of drug-likeness (QED) is 0.906. The molecule has 19 heavy (non-hydrogen) atoms. The number of nitrogens with one attached hydrogen (secondary N) is 1. The van der Waals surface area contributed by atoms with Gasteiger partial charge >= 0.3 is 0 Å². The van der Waals surface area contributed by atoms with Crippen molar-refractivity contribution < 1.29 is 0 Å². The number of benzene rings is 1. The third-order valence-electron chi connectivity index (χ3n) is 3.50. The summed E-state index contributed by atoms with van der Waals surface area (Å²) < 4.78 is 0. The second-order valence-electron chi connectivity index (χ2n) is 4.94. The Hall–Kier alpha value is -1.90. The van der Waals surface area contributed by atoms with Gasteiger partial charge in [-0.15, -0.1) is 0 Å². The molecule has 1 N–H and O–H groups in total. The molecule has 0 aliphatic carbocycles. The van der Waals surface area contributed by atoms with E-state index in [1.807, 2.05) is 6.92 Å². The standard InChI is InChI=1S/C16H21N3/c1-6-17-15-12(4)13(5)18-16(19-15)14-8-7-10(2)11(3)9-14/h7-9H,6H2,1-5H3,(H,17,18,19). The molecule has 0 bridgehead atoms. The normalized spacial score (nSPS) is 10.6. The van der Waals surface area contributed by atoms with Gasteiger partial charge in [-0.3, -0.25) is 0 Å². The SMILES string of the molecule is CCNc1nc(-c2ccc(C)c(C)c2)nc(C)c1C. The molecule has 2 rings (SSSR count). The van der Waals surface area contributed by atoms with E-state index in [1.54, 1.807) is 0 Å². The first-order valence-electron chi connectivity index (χ1n) is 6.69. The molecule has 1 aromatic carbocycles. The fraction of sp³-hybridized carbons (Fsp3) is 0.375. The molecule has 0 amide bonds. The summed E-state index contributed by atoms with van der Waals surface area (Å²) in [7, 11) is 0. The Morgan fingerprint density at radius 2 is 1.74 bits per heavy atom. The van der Waals surface area contributed by atoms with Gasteiger partial charge in [0.1, 0.15) is 5.82 Å². The maximum absolute atomic E-state index is 4.64. The van der Waals surface area contributed by atoms with E-state index >= 15 is 0 Å². The first kappa shape index (κ1) is 13.5. The zero-order valence-electron chi connectivity index (χ0n) is 12.3. The highest BCUT2D eigenvalue weighted by Gasteiger charge is 2.09. The van der Waals surface area contributed by atoms with Crippen LogP contribution in [0.15, 0.2) is 18.2 Å². The summed E-state index contributed by atoms with van der Waals surface area (Å²) >= 11 is 0. The van der Waals surface area contributed by atoms with Gasteiger partial charge in [0.25, 0.3) is 0 Å². The van der Waals surface area contributed by atoms with Crippen molar-refractivity contribution in [1.82, 2.24) is 9.97 Å². The van der Waals surface area contributed by atoms with Crippen LogP contribution in [0.5, 0.6) is 0 Å². The number of nitrogens with zero attached hydrogens (tertiary/aromatic N) is 2. The van der Waals surface area contributed by atoms with Gasteiger partial charge in [-0.25, -0.2) is 9.97 Å². The van der Waals surface area contributed by atoms with Gasteiger partial charge in [0, 0.05) is 23.4 Å². The summed E-state index contributed by atoms with van der Waals surface area (Å²) in [6, 6.07) is 6.35. The summed E-state index contributed by atoms with van der Waals surface area (Å²) in [4.78, 5) is 9.25. The Labute approximate surface area is 115 Å². The number of aryl methyl sites for hydroxylation is 3. The van der Waals surface area contributed by atoms with Crippen molar-refractivity contribution in [2.75, 3.05) is 11.9 Å². The fourth-order valence-corrected chi connectivity index (χ4v) is 1.98.